The van der Waals surface area contributed by atoms with Crippen LogP contribution in [0.3, 0.4) is 0 Å². The molecule has 1 atom stereocenters. The van der Waals surface area contributed by atoms with Crippen LogP contribution >= 0.6 is 15.9 Å². The average Bonchev–Trinajstić information content (AvgIpc) is 2.16. The highest BCUT2D eigenvalue weighted by molar-refractivity contribution is 9.10. The summed E-state index contributed by atoms with van der Waals surface area (Å²) >= 11 is 3.39. The summed E-state index contributed by atoms with van der Waals surface area (Å²) in [6.07, 6.45) is 1.70. The molecule has 0 bridgehead atoms. The van der Waals surface area contributed by atoms with Gasteiger partial charge < -0.3 is 10.5 Å². The van der Waals surface area contributed by atoms with Crippen LogP contribution in [0.5, 0.6) is 5.75 Å². The van der Waals surface area contributed by atoms with Crippen molar-refractivity contribution < 1.29 is 4.74 Å². The van der Waals surface area contributed by atoms with Crippen molar-refractivity contribution in [1.29, 1.82) is 0 Å². The molecule has 1 aromatic carbocycles. The van der Waals surface area contributed by atoms with Crippen molar-refractivity contribution in [2.24, 2.45) is 5.73 Å². The monoisotopic (exact) mass is 241 g/mol. The first-order valence-electron chi connectivity index (χ1n) is 3.90. The lowest BCUT2D eigenvalue weighted by Crippen LogP contribution is -2.06. The van der Waals surface area contributed by atoms with Crippen molar-refractivity contribution in [3.8, 4) is 5.75 Å². The van der Waals surface area contributed by atoms with Crippen LogP contribution in [0.25, 0.3) is 0 Å². The molecule has 0 radical (unpaired) electrons. The molecular weight excluding hydrogens is 230 g/mol. The summed E-state index contributed by atoms with van der Waals surface area (Å²) in [5.74, 6) is 0.806. The van der Waals surface area contributed by atoms with Gasteiger partial charge in [0.1, 0.15) is 5.75 Å². The first kappa shape index (κ1) is 10.3. The third kappa shape index (κ3) is 2.32. The number of rotatable bonds is 3. The fourth-order valence-corrected chi connectivity index (χ4v) is 1.58. The Morgan fingerprint density at radius 1 is 1.62 bits per heavy atom. The van der Waals surface area contributed by atoms with Gasteiger partial charge in [-0.25, -0.2) is 0 Å². The Balaban J connectivity index is 3.02. The van der Waals surface area contributed by atoms with Gasteiger partial charge in [0.15, 0.2) is 0 Å². The minimum atomic E-state index is -0.123. The topological polar surface area (TPSA) is 35.2 Å². The third-order valence-corrected chi connectivity index (χ3v) is 2.43. The molecule has 0 aromatic heterocycles. The summed E-state index contributed by atoms with van der Waals surface area (Å²) in [6.45, 7) is 3.64. The highest BCUT2D eigenvalue weighted by Gasteiger charge is 2.04. The third-order valence-electron chi connectivity index (χ3n) is 1.81. The summed E-state index contributed by atoms with van der Waals surface area (Å²) in [6, 6.07) is 5.62. The van der Waals surface area contributed by atoms with Crippen LogP contribution in [0.1, 0.15) is 11.6 Å². The van der Waals surface area contributed by atoms with E-state index < -0.39 is 0 Å². The Kier molecular flexibility index (Phi) is 3.51. The molecule has 2 N–H and O–H groups in total. The van der Waals surface area contributed by atoms with E-state index in [1.165, 1.54) is 0 Å². The SMILES string of the molecule is C=C[C@@H](N)c1ccc(OC)c(Br)c1. The number of nitrogens with two attached hydrogens (primary N) is 1. The van der Waals surface area contributed by atoms with Gasteiger partial charge in [-0.05, 0) is 33.6 Å². The van der Waals surface area contributed by atoms with Gasteiger partial charge in [0, 0.05) is 6.04 Å². The number of benzene rings is 1. The number of hydrogen-bond acceptors (Lipinski definition) is 2. The molecule has 0 amide bonds. The molecule has 0 unspecified atom stereocenters. The fourth-order valence-electron chi connectivity index (χ4n) is 1.03. The highest BCUT2D eigenvalue weighted by atomic mass is 79.9. The smallest absolute Gasteiger partial charge is 0.133 e. The van der Waals surface area contributed by atoms with E-state index in [0.29, 0.717) is 0 Å². The van der Waals surface area contributed by atoms with Gasteiger partial charge in [-0.3, -0.25) is 0 Å². The van der Waals surface area contributed by atoms with Crippen molar-refractivity contribution in [3.63, 3.8) is 0 Å². The van der Waals surface area contributed by atoms with Crippen LogP contribution in [0, 0.1) is 0 Å². The second kappa shape index (κ2) is 4.44. The summed E-state index contributed by atoms with van der Waals surface area (Å²) in [4.78, 5) is 0. The van der Waals surface area contributed by atoms with Crippen LogP contribution in [-0.4, -0.2) is 7.11 Å². The van der Waals surface area contributed by atoms with E-state index in [-0.39, 0.29) is 6.04 Å². The van der Waals surface area contributed by atoms with E-state index in [0.717, 1.165) is 15.8 Å². The zero-order valence-corrected chi connectivity index (χ0v) is 9.04. The Morgan fingerprint density at radius 3 is 2.77 bits per heavy atom. The minimum absolute atomic E-state index is 0.123. The highest BCUT2D eigenvalue weighted by Crippen LogP contribution is 2.27. The van der Waals surface area contributed by atoms with Crippen LogP contribution in [0.4, 0.5) is 0 Å². The lowest BCUT2D eigenvalue weighted by Gasteiger charge is -2.09. The Morgan fingerprint density at radius 2 is 2.31 bits per heavy atom. The van der Waals surface area contributed by atoms with Crippen LogP contribution in [0.2, 0.25) is 0 Å². The Bertz CT molecular complexity index is 312. The molecule has 0 aliphatic carbocycles. The van der Waals surface area contributed by atoms with E-state index >= 15 is 0 Å². The Hall–Kier alpha value is -0.800. The first-order chi connectivity index (χ1) is 6.19. The number of halogens is 1. The summed E-state index contributed by atoms with van der Waals surface area (Å²) in [7, 11) is 1.63. The van der Waals surface area contributed by atoms with Gasteiger partial charge in [0.25, 0.3) is 0 Å². The number of methoxy groups -OCH3 is 1. The van der Waals surface area contributed by atoms with E-state index in [1.54, 1.807) is 13.2 Å². The van der Waals surface area contributed by atoms with Crippen LogP contribution in [0.15, 0.2) is 35.3 Å². The second-order valence-corrected chi connectivity index (χ2v) is 3.51. The maximum atomic E-state index is 5.77. The van der Waals surface area contributed by atoms with Gasteiger partial charge in [-0.15, -0.1) is 6.58 Å². The predicted molar refractivity (Wildman–Crippen MR) is 57.8 cm³/mol. The number of ether oxygens (including phenoxy) is 1. The molecule has 0 aliphatic rings. The zero-order chi connectivity index (χ0) is 9.84. The molecule has 0 aliphatic heterocycles. The van der Waals surface area contributed by atoms with Crippen LogP contribution in [-0.2, 0) is 0 Å². The van der Waals surface area contributed by atoms with Gasteiger partial charge in [-0.2, -0.15) is 0 Å². The van der Waals surface area contributed by atoms with Gasteiger partial charge in [-0.1, -0.05) is 12.1 Å². The van der Waals surface area contributed by atoms with E-state index in [4.69, 9.17) is 10.5 Å². The fraction of sp³-hybridized carbons (Fsp3) is 0.200. The average molecular weight is 242 g/mol. The maximum absolute atomic E-state index is 5.77. The lowest BCUT2D eigenvalue weighted by atomic mass is 10.1. The van der Waals surface area contributed by atoms with Gasteiger partial charge >= 0.3 is 0 Å². The van der Waals surface area contributed by atoms with Crippen LogP contribution < -0.4 is 10.5 Å². The summed E-state index contributed by atoms with van der Waals surface area (Å²) in [5.41, 5.74) is 6.79. The number of hydrogen-bond donors (Lipinski definition) is 1. The molecule has 0 heterocycles. The molecule has 0 fully saturated rings. The van der Waals surface area contributed by atoms with E-state index in [2.05, 4.69) is 22.5 Å². The molecule has 2 nitrogen and oxygen atoms in total. The first-order valence-corrected chi connectivity index (χ1v) is 4.70. The molecule has 1 aromatic rings. The molecule has 13 heavy (non-hydrogen) atoms. The Labute approximate surface area is 86.5 Å². The summed E-state index contributed by atoms with van der Waals surface area (Å²) in [5, 5.41) is 0. The zero-order valence-electron chi connectivity index (χ0n) is 7.46. The van der Waals surface area contributed by atoms with Crippen molar-refractivity contribution in [3.05, 3.63) is 40.9 Å². The molecular formula is C10H12BrNO. The van der Waals surface area contributed by atoms with Crippen molar-refractivity contribution in [2.45, 2.75) is 6.04 Å². The molecule has 0 spiro atoms. The molecule has 0 saturated heterocycles. The predicted octanol–water partition coefficient (Wildman–Crippen LogP) is 2.64. The van der Waals surface area contributed by atoms with Gasteiger partial charge in [0.2, 0.25) is 0 Å². The largest absolute Gasteiger partial charge is 0.496 e. The molecule has 70 valence electrons. The lowest BCUT2D eigenvalue weighted by molar-refractivity contribution is 0.412. The minimum Gasteiger partial charge on any atom is -0.496 e. The van der Waals surface area contributed by atoms with E-state index in [1.807, 2.05) is 18.2 Å². The van der Waals surface area contributed by atoms with Gasteiger partial charge in [0.05, 0.1) is 11.6 Å². The molecule has 1 rings (SSSR count). The molecule has 3 heteroatoms. The van der Waals surface area contributed by atoms with Crippen molar-refractivity contribution >= 4 is 15.9 Å². The normalized spacial score (nSPS) is 12.2. The van der Waals surface area contributed by atoms with E-state index in [9.17, 15) is 0 Å². The standard InChI is InChI=1S/C10H12BrNO/c1-3-9(12)7-4-5-10(13-2)8(11)6-7/h3-6,9H,1,12H2,2H3/t9-/m1/s1. The molecule has 0 saturated carbocycles. The maximum Gasteiger partial charge on any atom is 0.133 e. The van der Waals surface area contributed by atoms with Crippen molar-refractivity contribution in [1.82, 2.24) is 0 Å². The van der Waals surface area contributed by atoms with Crippen molar-refractivity contribution in [2.75, 3.05) is 7.11 Å². The quantitative estimate of drug-likeness (QED) is 0.827. The summed E-state index contributed by atoms with van der Waals surface area (Å²) < 4.78 is 6.01. The second-order valence-electron chi connectivity index (χ2n) is 2.66.